The zero-order chi connectivity index (χ0) is 15.4. The van der Waals surface area contributed by atoms with Gasteiger partial charge >= 0.3 is 5.97 Å². The van der Waals surface area contributed by atoms with Crippen LogP contribution >= 0.6 is 0 Å². The molecule has 2 N–H and O–H groups in total. The predicted molar refractivity (Wildman–Crippen MR) is 67.9 cm³/mol. The number of halogens is 2. The molecule has 0 bridgehead atoms. The summed E-state index contributed by atoms with van der Waals surface area (Å²) in [6.45, 7) is 0.368. The minimum atomic E-state index is -1.15. The SMILES string of the molecule is O=C(O)c1cn(CCNC(=O)c2cc(F)ccc2F)cn1. The maximum Gasteiger partial charge on any atom is 0.356 e. The number of benzene rings is 1. The van der Waals surface area contributed by atoms with E-state index in [9.17, 15) is 18.4 Å². The molecule has 8 heteroatoms. The Bertz CT molecular complexity index is 685. The van der Waals surface area contributed by atoms with Gasteiger partial charge in [0, 0.05) is 19.3 Å². The number of hydrogen-bond donors (Lipinski definition) is 2. The summed E-state index contributed by atoms with van der Waals surface area (Å²) < 4.78 is 27.8. The van der Waals surface area contributed by atoms with Crippen LogP contribution < -0.4 is 5.32 Å². The van der Waals surface area contributed by atoms with E-state index in [2.05, 4.69) is 10.3 Å². The number of nitrogens with one attached hydrogen (secondary N) is 1. The molecule has 0 spiro atoms. The Morgan fingerprint density at radius 1 is 1.33 bits per heavy atom. The molecule has 0 radical (unpaired) electrons. The molecule has 0 atom stereocenters. The summed E-state index contributed by atoms with van der Waals surface area (Å²) in [5, 5.41) is 11.1. The molecule has 110 valence electrons. The van der Waals surface area contributed by atoms with Gasteiger partial charge in [-0.1, -0.05) is 0 Å². The van der Waals surface area contributed by atoms with Crippen LogP contribution in [0.2, 0.25) is 0 Å². The summed E-state index contributed by atoms with van der Waals surface area (Å²) >= 11 is 0. The van der Waals surface area contributed by atoms with Gasteiger partial charge in [-0.25, -0.2) is 18.6 Å². The van der Waals surface area contributed by atoms with Crippen LogP contribution in [0.3, 0.4) is 0 Å². The van der Waals surface area contributed by atoms with Crippen LogP contribution in [0.5, 0.6) is 0 Å². The van der Waals surface area contributed by atoms with E-state index in [1.54, 1.807) is 0 Å². The van der Waals surface area contributed by atoms with Gasteiger partial charge in [0.25, 0.3) is 5.91 Å². The minimum absolute atomic E-state index is 0.113. The number of imidazole rings is 1. The molecule has 0 unspecified atom stereocenters. The number of amides is 1. The Hall–Kier alpha value is -2.77. The average Bonchev–Trinajstić information content (AvgIpc) is 2.90. The Morgan fingerprint density at radius 2 is 2.10 bits per heavy atom. The van der Waals surface area contributed by atoms with Gasteiger partial charge in [0.05, 0.1) is 11.9 Å². The summed E-state index contributed by atoms with van der Waals surface area (Å²) in [5.41, 5.74) is -0.496. The standard InChI is InChI=1S/C13H11F2N3O3/c14-8-1-2-10(15)9(5-8)12(19)16-3-4-18-6-11(13(20)21)17-7-18/h1-2,5-7H,3-4H2,(H,16,19)(H,20,21). The van der Waals surface area contributed by atoms with Gasteiger partial charge in [0.1, 0.15) is 11.6 Å². The van der Waals surface area contributed by atoms with Gasteiger partial charge in [0.15, 0.2) is 5.69 Å². The smallest absolute Gasteiger partial charge is 0.356 e. The van der Waals surface area contributed by atoms with Gasteiger partial charge in [0.2, 0.25) is 0 Å². The Kier molecular flexibility index (Phi) is 4.27. The van der Waals surface area contributed by atoms with Crippen LogP contribution in [-0.4, -0.2) is 33.1 Å². The molecule has 0 aliphatic carbocycles. The summed E-state index contributed by atoms with van der Waals surface area (Å²) in [4.78, 5) is 26.0. The van der Waals surface area contributed by atoms with E-state index < -0.39 is 23.5 Å². The maximum absolute atomic E-state index is 13.4. The third-order valence-corrected chi connectivity index (χ3v) is 2.68. The number of carboxylic acid groups (broad SMARTS) is 1. The molecule has 0 aliphatic rings. The number of carboxylic acids is 1. The second-order valence-corrected chi connectivity index (χ2v) is 4.18. The molecule has 1 amide bonds. The fourth-order valence-electron chi connectivity index (χ4n) is 1.66. The Morgan fingerprint density at radius 3 is 2.76 bits per heavy atom. The monoisotopic (exact) mass is 295 g/mol. The molecule has 0 saturated carbocycles. The third-order valence-electron chi connectivity index (χ3n) is 2.68. The van der Waals surface area contributed by atoms with E-state index in [0.29, 0.717) is 0 Å². The highest BCUT2D eigenvalue weighted by Gasteiger charge is 2.12. The van der Waals surface area contributed by atoms with Crippen LogP contribution in [0.1, 0.15) is 20.8 Å². The molecular formula is C13H11F2N3O3. The predicted octanol–water partition coefficient (Wildman–Crippen LogP) is 1.29. The largest absolute Gasteiger partial charge is 0.476 e. The summed E-state index contributed by atoms with van der Waals surface area (Å²) in [6, 6.07) is 2.61. The molecular weight excluding hydrogens is 284 g/mol. The molecule has 1 heterocycles. The van der Waals surface area contributed by atoms with Gasteiger partial charge in [-0.2, -0.15) is 0 Å². The number of hydrogen-bond acceptors (Lipinski definition) is 3. The number of nitrogens with zero attached hydrogens (tertiary/aromatic N) is 2. The first-order valence-electron chi connectivity index (χ1n) is 5.95. The number of carbonyl (C=O) groups excluding carboxylic acids is 1. The van der Waals surface area contributed by atoms with Crippen molar-refractivity contribution in [3.05, 3.63) is 53.6 Å². The molecule has 2 aromatic rings. The second kappa shape index (κ2) is 6.12. The van der Waals surface area contributed by atoms with Crippen LogP contribution in [0.15, 0.2) is 30.7 Å². The van der Waals surface area contributed by atoms with E-state index >= 15 is 0 Å². The van der Waals surface area contributed by atoms with Crippen molar-refractivity contribution in [3.63, 3.8) is 0 Å². The highest BCUT2D eigenvalue weighted by molar-refractivity contribution is 5.94. The van der Waals surface area contributed by atoms with Crippen molar-refractivity contribution in [1.29, 1.82) is 0 Å². The summed E-state index contributed by atoms with van der Waals surface area (Å²) in [5.74, 6) is -3.42. The zero-order valence-electron chi connectivity index (χ0n) is 10.7. The molecule has 21 heavy (non-hydrogen) atoms. The van der Waals surface area contributed by atoms with Gasteiger partial charge in [-0.3, -0.25) is 4.79 Å². The number of aromatic nitrogens is 2. The number of carbonyl (C=O) groups is 2. The third kappa shape index (κ3) is 3.62. The lowest BCUT2D eigenvalue weighted by Gasteiger charge is -2.06. The Balaban J connectivity index is 1.92. The summed E-state index contributed by atoms with van der Waals surface area (Å²) in [7, 11) is 0. The number of rotatable bonds is 5. The summed E-state index contributed by atoms with van der Waals surface area (Å²) in [6.07, 6.45) is 2.61. The normalized spacial score (nSPS) is 10.4. The van der Waals surface area contributed by atoms with Crippen molar-refractivity contribution in [1.82, 2.24) is 14.9 Å². The number of aromatic carboxylic acids is 1. The van der Waals surface area contributed by atoms with Crippen molar-refractivity contribution >= 4 is 11.9 Å². The first-order chi connectivity index (χ1) is 9.97. The fourth-order valence-corrected chi connectivity index (χ4v) is 1.66. The molecule has 0 fully saturated rings. The van der Waals surface area contributed by atoms with Crippen molar-refractivity contribution in [3.8, 4) is 0 Å². The van der Waals surface area contributed by atoms with Gasteiger partial charge in [-0.15, -0.1) is 0 Å². The molecule has 0 aliphatic heterocycles. The van der Waals surface area contributed by atoms with E-state index in [1.807, 2.05) is 0 Å². The lowest BCUT2D eigenvalue weighted by Crippen LogP contribution is -2.27. The molecule has 1 aromatic carbocycles. The lowest BCUT2D eigenvalue weighted by molar-refractivity contribution is 0.0690. The van der Waals surface area contributed by atoms with Gasteiger partial charge in [-0.05, 0) is 18.2 Å². The molecule has 6 nitrogen and oxygen atoms in total. The topological polar surface area (TPSA) is 84.2 Å². The molecule has 1 aromatic heterocycles. The zero-order valence-corrected chi connectivity index (χ0v) is 10.7. The lowest BCUT2D eigenvalue weighted by atomic mass is 10.2. The van der Waals surface area contributed by atoms with Crippen LogP contribution in [-0.2, 0) is 6.54 Å². The van der Waals surface area contributed by atoms with Crippen molar-refractivity contribution in [2.75, 3.05) is 6.54 Å². The van der Waals surface area contributed by atoms with Crippen LogP contribution in [0.25, 0.3) is 0 Å². The highest BCUT2D eigenvalue weighted by atomic mass is 19.1. The van der Waals surface area contributed by atoms with Crippen molar-refractivity contribution < 1.29 is 23.5 Å². The fraction of sp³-hybridized carbons (Fsp3) is 0.154. The van der Waals surface area contributed by atoms with E-state index in [4.69, 9.17) is 5.11 Å². The first kappa shape index (κ1) is 14.6. The Labute approximate surface area is 118 Å². The van der Waals surface area contributed by atoms with Crippen molar-refractivity contribution in [2.24, 2.45) is 0 Å². The second-order valence-electron chi connectivity index (χ2n) is 4.18. The van der Waals surface area contributed by atoms with E-state index in [1.165, 1.54) is 17.1 Å². The molecule has 2 rings (SSSR count). The molecule has 0 saturated heterocycles. The quantitative estimate of drug-likeness (QED) is 0.870. The van der Waals surface area contributed by atoms with Crippen molar-refractivity contribution in [2.45, 2.75) is 6.54 Å². The highest BCUT2D eigenvalue weighted by Crippen LogP contribution is 2.09. The van der Waals surface area contributed by atoms with E-state index in [0.717, 1.165) is 18.2 Å². The average molecular weight is 295 g/mol. The minimum Gasteiger partial charge on any atom is -0.476 e. The van der Waals surface area contributed by atoms with Gasteiger partial charge < -0.3 is 15.0 Å². The van der Waals surface area contributed by atoms with Crippen LogP contribution in [0, 0.1) is 11.6 Å². The van der Waals surface area contributed by atoms with E-state index in [-0.39, 0.29) is 24.3 Å². The first-order valence-corrected chi connectivity index (χ1v) is 5.95. The van der Waals surface area contributed by atoms with Crippen LogP contribution in [0.4, 0.5) is 8.78 Å². The maximum atomic E-state index is 13.4.